The van der Waals surface area contributed by atoms with E-state index in [2.05, 4.69) is 9.97 Å². The Morgan fingerprint density at radius 1 is 1.26 bits per heavy atom. The molecule has 1 aromatic heterocycles. The predicted molar refractivity (Wildman–Crippen MR) is 70.7 cm³/mol. The number of H-pyrrole nitrogens is 1. The molecule has 96 valence electrons. The summed E-state index contributed by atoms with van der Waals surface area (Å²) in [6.45, 7) is 0.557. The van der Waals surface area contributed by atoms with E-state index in [-0.39, 0.29) is 11.5 Å². The van der Waals surface area contributed by atoms with Gasteiger partial charge in [0.2, 0.25) is 0 Å². The highest BCUT2D eigenvalue weighted by atomic mass is 16.5. The van der Waals surface area contributed by atoms with Crippen molar-refractivity contribution in [3.05, 3.63) is 57.3 Å². The number of aromatic nitrogens is 2. The lowest BCUT2D eigenvalue weighted by atomic mass is 10.0. The van der Waals surface area contributed by atoms with Gasteiger partial charge in [-0.2, -0.15) is 0 Å². The molecular weight excluding hydrogens is 240 g/mol. The Labute approximate surface area is 110 Å². The number of nitrogens with one attached hydrogen (secondary N) is 1. The fourth-order valence-electron chi connectivity index (χ4n) is 3.01. The highest BCUT2D eigenvalue weighted by molar-refractivity contribution is 5.43. The summed E-state index contributed by atoms with van der Waals surface area (Å²) < 4.78 is 5.66. The van der Waals surface area contributed by atoms with E-state index in [4.69, 9.17) is 4.74 Å². The molecule has 0 amide bonds. The van der Waals surface area contributed by atoms with Crippen molar-refractivity contribution in [2.24, 2.45) is 0 Å². The predicted octanol–water partition coefficient (Wildman–Crippen LogP) is 1.78. The summed E-state index contributed by atoms with van der Waals surface area (Å²) >= 11 is 0. The van der Waals surface area contributed by atoms with Crippen molar-refractivity contribution in [1.29, 1.82) is 0 Å². The van der Waals surface area contributed by atoms with Gasteiger partial charge in [-0.1, -0.05) is 18.2 Å². The van der Waals surface area contributed by atoms with Gasteiger partial charge in [-0.15, -0.1) is 0 Å². The Bertz CT molecular complexity index is 706. The number of aryl methyl sites for hydroxylation is 1. The average Bonchev–Trinajstić information content (AvgIpc) is 3.04. The molecule has 0 radical (unpaired) electrons. The molecule has 1 N–H and O–H groups in total. The van der Waals surface area contributed by atoms with Gasteiger partial charge in [0.25, 0.3) is 5.56 Å². The third-order valence-corrected chi connectivity index (χ3v) is 3.99. The highest BCUT2D eigenvalue weighted by Gasteiger charge is 2.29. The number of hydrogen-bond acceptors (Lipinski definition) is 3. The molecule has 1 aromatic carbocycles. The molecule has 0 saturated carbocycles. The van der Waals surface area contributed by atoms with E-state index >= 15 is 0 Å². The summed E-state index contributed by atoms with van der Waals surface area (Å²) in [5.41, 5.74) is 2.99. The van der Waals surface area contributed by atoms with Crippen LogP contribution in [0.3, 0.4) is 0 Å². The Hall–Kier alpha value is -2.10. The van der Waals surface area contributed by atoms with Crippen LogP contribution in [0.25, 0.3) is 0 Å². The molecule has 19 heavy (non-hydrogen) atoms. The molecule has 4 nitrogen and oxygen atoms in total. The Balaban J connectivity index is 1.83. The quantitative estimate of drug-likeness (QED) is 0.844. The zero-order chi connectivity index (χ0) is 12.8. The first-order valence-electron chi connectivity index (χ1n) is 6.66. The van der Waals surface area contributed by atoms with Crippen molar-refractivity contribution in [2.45, 2.75) is 25.2 Å². The van der Waals surface area contributed by atoms with E-state index in [9.17, 15) is 4.79 Å². The second-order valence-electron chi connectivity index (χ2n) is 5.13. The van der Waals surface area contributed by atoms with E-state index in [1.54, 1.807) is 0 Å². The van der Waals surface area contributed by atoms with Crippen LogP contribution in [0.2, 0.25) is 0 Å². The molecule has 0 bridgehead atoms. The van der Waals surface area contributed by atoms with Gasteiger partial charge >= 0.3 is 0 Å². The number of nitrogens with zero attached hydrogens (tertiary/aromatic N) is 1. The summed E-state index contributed by atoms with van der Waals surface area (Å²) in [6, 6.07) is 7.95. The number of para-hydroxylation sites is 1. The summed E-state index contributed by atoms with van der Waals surface area (Å²) in [7, 11) is 0. The lowest BCUT2D eigenvalue weighted by Crippen LogP contribution is -2.20. The third-order valence-electron chi connectivity index (χ3n) is 3.99. The summed E-state index contributed by atoms with van der Waals surface area (Å²) in [6.07, 6.45) is 2.81. The molecule has 1 aliphatic carbocycles. The largest absolute Gasteiger partial charge is 0.492 e. The van der Waals surface area contributed by atoms with Gasteiger partial charge in [-0.25, -0.2) is 4.98 Å². The molecule has 1 aliphatic heterocycles. The molecule has 2 aromatic rings. The first-order valence-corrected chi connectivity index (χ1v) is 6.66. The van der Waals surface area contributed by atoms with Gasteiger partial charge in [0.1, 0.15) is 18.2 Å². The monoisotopic (exact) mass is 254 g/mol. The fraction of sp³-hybridized carbons (Fsp3) is 0.333. The maximum absolute atomic E-state index is 12.1. The molecule has 4 rings (SSSR count). The van der Waals surface area contributed by atoms with Crippen LogP contribution in [0.15, 0.2) is 29.1 Å². The average molecular weight is 254 g/mol. The number of fused-ring (bicyclic) bond motifs is 2. The summed E-state index contributed by atoms with van der Waals surface area (Å²) in [5, 5.41) is 0. The number of rotatable bonds is 1. The first kappa shape index (κ1) is 10.8. The van der Waals surface area contributed by atoms with Gasteiger partial charge in [-0.05, 0) is 25.3 Å². The van der Waals surface area contributed by atoms with Gasteiger partial charge in [0.05, 0.1) is 11.6 Å². The Morgan fingerprint density at radius 2 is 2.16 bits per heavy atom. The van der Waals surface area contributed by atoms with E-state index < -0.39 is 0 Å². The van der Waals surface area contributed by atoms with Crippen LogP contribution >= 0.6 is 0 Å². The van der Waals surface area contributed by atoms with Crippen molar-refractivity contribution >= 4 is 0 Å². The smallest absolute Gasteiger partial charge is 0.254 e. The van der Waals surface area contributed by atoms with Gasteiger partial charge in [-0.3, -0.25) is 4.79 Å². The van der Waals surface area contributed by atoms with Crippen LogP contribution in [0, 0.1) is 0 Å². The topological polar surface area (TPSA) is 55.0 Å². The normalized spacial score (nSPS) is 19.9. The van der Waals surface area contributed by atoms with Crippen LogP contribution in [0.5, 0.6) is 5.75 Å². The van der Waals surface area contributed by atoms with Crippen molar-refractivity contribution in [1.82, 2.24) is 9.97 Å². The molecule has 1 atom stereocenters. The summed E-state index contributed by atoms with van der Waals surface area (Å²) in [4.78, 5) is 19.7. The number of hydrogen-bond donors (Lipinski definition) is 1. The van der Waals surface area contributed by atoms with Crippen molar-refractivity contribution in [3.8, 4) is 5.75 Å². The van der Waals surface area contributed by atoms with Gasteiger partial charge in [0, 0.05) is 11.1 Å². The minimum Gasteiger partial charge on any atom is -0.492 e. The molecule has 2 aliphatic rings. The third kappa shape index (κ3) is 1.59. The Morgan fingerprint density at radius 3 is 3.11 bits per heavy atom. The molecule has 0 fully saturated rings. The van der Waals surface area contributed by atoms with Gasteiger partial charge in [0.15, 0.2) is 0 Å². The fourth-order valence-corrected chi connectivity index (χ4v) is 3.01. The standard InChI is InChI=1S/C15H14N2O2/c18-15-10-5-3-6-12(10)16-14(17-15)11-8-19-13-7-2-1-4-9(11)13/h1-2,4,7,11H,3,5-6,8H2,(H,16,17,18). The first-order chi connectivity index (χ1) is 9.33. The molecule has 2 heterocycles. The van der Waals surface area contributed by atoms with Crippen molar-refractivity contribution in [3.63, 3.8) is 0 Å². The van der Waals surface area contributed by atoms with Crippen LogP contribution < -0.4 is 10.3 Å². The number of ether oxygens (including phenoxy) is 1. The lowest BCUT2D eigenvalue weighted by Gasteiger charge is -2.09. The van der Waals surface area contributed by atoms with Crippen molar-refractivity contribution < 1.29 is 4.74 Å². The molecule has 4 heteroatoms. The molecule has 1 unspecified atom stereocenters. The Kier molecular flexibility index (Phi) is 2.24. The molecular formula is C15H14N2O2. The van der Waals surface area contributed by atoms with E-state index in [0.29, 0.717) is 6.61 Å². The second-order valence-corrected chi connectivity index (χ2v) is 5.13. The van der Waals surface area contributed by atoms with Gasteiger partial charge < -0.3 is 9.72 Å². The van der Waals surface area contributed by atoms with Crippen LogP contribution in [-0.2, 0) is 12.8 Å². The van der Waals surface area contributed by atoms with Crippen LogP contribution in [-0.4, -0.2) is 16.6 Å². The number of aromatic amines is 1. The van der Waals surface area contributed by atoms with Crippen LogP contribution in [0.1, 0.15) is 35.0 Å². The summed E-state index contributed by atoms with van der Waals surface area (Å²) in [5.74, 6) is 1.70. The lowest BCUT2D eigenvalue weighted by molar-refractivity contribution is 0.339. The SMILES string of the molecule is O=c1[nH]c(C2COc3ccccc32)nc2c1CCC2. The minimum atomic E-state index is 0.0295. The molecule has 0 saturated heterocycles. The van der Waals surface area contributed by atoms with E-state index in [1.165, 1.54) is 0 Å². The molecule has 0 spiro atoms. The van der Waals surface area contributed by atoms with E-state index in [1.807, 2.05) is 24.3 Å². The van der Waals surface area contributed by atoms with E-state index in [0.717, 1.165) is 47.7 Å². The van der Waals surface area contributed by atoms with Crippen LogP contribution in [0.4, 0.5) is 0 Å². The van der Waals surface area contributed by atoms with Crippen molar-refractivity contribution in [2.75, 3.05) is 6.61 Å². The zero-order valence-corrected chi connectivity index (χ0v) is 10.5. The zero-order valence-electron chi connectivity index (χ0n) is 10.5. The minimum absolute atomic E-state index is 0.0295. The highest BCUT2D eigenvalue weighted by Crippen LogP contribution is 2.36. The maximum atomic E-state index is 12.1. The number of benzene rings is 1. The second kappa shape index (κ2) is 3.95. The maximum Gasteiger partial charge on any atom is 0.254 e.